The molecular formula is C9H9FN2O. The highest BCUT2D eigenvalue weighted by Gasteiger charge is 2.25. The van der Waals surface area contributed by atoms with Crippen LogP contribution in [0.15, 0.2) is 18.2 Å². The first-order valence-electron chi connectivity index (χ1n) is 4.04. The number of carbonyl (C=O) groups excluding carboxylic acids is 1. The highest BCUT2D eigenvalue weighted by atomic mass is 19.1. The fourth-order valence-corrected chi connectivity index (χ4v) is 1.27. The molecule has 1 aromatic carbocycles. The summed E-state index contributed by atoms with van der Waals surface area (Å²) in [5.74, 6) is -0.443. The molecule has 4 heteroatoms. The van der Waals surface area contributed by atoms with Crippen LogP contribution < -0.4 is 10.6 Å². The van der Waals surface area contributed by atoms with Crippen LogP contribution >= 0.6 is 0 Å². The minimum Gasteiger partial charge on any atom is -0.396 e. The van der Waals surface area contributed by atoms with Gasteiger partial charge in [0.15, 0.2) is 0 Å². The molecule has 3 nitrogen and oxygen atoms in total. The number of β-lactam (4-membered cyclic amide) rings is 1. The smallest absolute Gasteiger partial charge is 0.228 e. The van der Waals surface area contributed by atoms with Crippen molar-refractivity contribution in [3.63, 3.8) is 0 Å². The first kappa shape index (κ1) is 8.04. The van der Waals surface area contributed by atoms with Crippen LogP contribution in [0.1, 0.15) is 6.42 Å². The SMILES string of the molecule is Nc1ccc(N2CCC2=O)cc1F. The number of carbonyl (C=O) groups is 1. The molecule has 0 bridgehead atoms. The van der Waals surface area contributed by atoms with Gasteiger partial charge in [-0.3, -0.25) is 4.79 Å². The Bertz CT molecular complexity index is 365. The number of benzene rings is 1. The second-order valence-electron chi connectivity index (χ2n) is 3.00. The summed E-state index contributed by atoms with van der Waals surface area (Å²) >= 11 is 0. The van der Waals surface area contributed by atoms with E-state index in [4.69, 9.17) is 5.73 Å². The van der Waals surface area contributed by atoms with E-state index in [9.17, 15) is 9.18 Å². The number of hydrogen-bond acceptors (Lipinski definition) is 2. The van der Waals surface area contributed by atoms with Crippen LogP contribution in [0, 0.1) is 5.82 Å². The Hall–Kier alpha value is -1.58. The van der Waals surface area contributed by atoms with Crippen LogP contribution in [-0.2, 0) is 4.79 Å². The number of nitrogens with zero attached hydrogens (tertiary/aromatic N) is 1. The quantitative estimate of drug-likeness (QED) is 0.520. The molecule has 68 valence electrons. The average molecular weight is 180 g/mol. The molecule has 0 saturated carbocycles. The van der Waals surface area contributed by atoms with Crippen LogP contribution in [-0.4, -0.2) is 12.5 Å². The Balaban J connectivity index is 2.31. The van der Waals surface area contributed by atoms with E-state index in [0.29, 0.717) is 18.7 Å². The molecule has 2 rings (SSSR count). The van der Waals surface area contributed by atoms with Gasteiger partial charge in [-0.1, -0.05) is 0 Å². The molecule has 0 unspecified atom stereocenters. The van der Waals surface area contributed by atoms with Crippen molar-refractivity contribution in [3.8, 4) is 0 Å². The molecule has 0 radical (unpaired) electrons. The van der Waals surface area contributed by atoms with Crippen molar-refractivity contribution in [2.75, 3.05) is 17.2 Å². The van der Waals surface area contributed by atoms with Crippen molar-refractivity contribution in [2.45, 2.75) is 6.42 Å². The van der Waals surface area contributed by atoms with Crippen LogP contribution in [0.3, 0.4) is 0 Å². The lowest BCUT2D eigenvalue weighted by molar-refractivity contribution is -0.122. The molecule has 2 N–H and O–H groups in total. The zero-order valence-electron chi connectivity index (χ0n) is 6.96. The fraction of sp³-hybridized carbons (Fsp3) is 0.222. The Morgan fingerprint density at radius 3 is 2.69 bits per heavy atom. The van der Waals surface area contributed by atoms with Crippen LogP contribution in [0.4, 0.5) is 15.8 Å². The lowest BCUT2D eigenvalue weighted by Crippen LogP contribution is -2.43. The van der Waals surface area contributed by atoms with Gasteiger partial charge in [-0.15, -0.1) is 0 Å². The molecule has 0 atom stereocenters. The van der Waals surface area contributed by atoms with E-state index in [2.05, 4.69) is 0 Å². The summed E-state index contributed by atoms with van der Waals surface area (Å²) in [5, 5.41) is 0. The molecule has 0 aliphatic carbocycles. The van der Waals surface area contributed by atoms with Gasteiger partial charge in [0.05, 0.1) is 5.69 Å². The first-order chi connectivity index (χ1) is 6.18. The van der Waals surface area contributed by atoms with Crippen LogP contribution in [0.2, 0.25) is 0 Å². The topological polar surface area (TPSA) is 46.3 Å². The van der Waals surface area contributed by atoms with Gasteiger partial charge in [0.2, 0.25) is 5.91 Å². The third-order valence-electron chi connectivity index (χ3n) is 2.15. The van der Waals surface area contributed by atoms with Gasteiger partial charge in [0, 0.05) is 18.7 Å². The van der Waals surface area contributed by atoms with Crippen molar-refractivity contribution >= 4 is 17.3 Å². The Labute approximate surface area is 74.9 Å². The Morgan fingerprint density at radius 2 is 2.23 bits per heavy atom. The van der Waals surface area contributed by atoms with E-state index < -0.39 is 5.82 Å². The predicted molar refractivity (Wildman–Crippen MR) is 47.8 cm³/mol. The van der Waals surface area contributed by atoms with Gasteiger partial charge >= 0.3 is 0 Å². The molecule has 1 aliphatic heterocycles. The lowest BCUT2D eigenvalue weighted by Gasteiger charge is -2.30. The van der Waals surface area contributed by atoms with E-state index in [-0.39, 0.29) is 11.6 Å². The van der Waals surface area contributed by atoms with Crippen molar-refractivity contribution in [2.24, 2.45) is 0 Å². The number of anilines is 2. The molecule has 1 fully saturated rings. The number of rotatable bonds is 1. The third kappa shape index (κ3) is 1.24. The van der Waals surface area contributed by atoms with Gasteiger partial charge < -0.3 is 10.6 Å². The molecule has 1 aromatic rings. The van der Waals surface area contributed by atoms with Gasteiger partial charge in [-0.25, -0.2) is 4.39 Å². The number of hydrogen-bond donors (Lipinski definition) is 1. The van der Waals surface area contributed by atoms with E-state index >= 15 is 0 Å². The molecule has 1 amide bonds. The highest BCUT2D eigenvalue weighted by Crippen LogP contribution is 2.24. The summed E-state index contributed by atoms with van der Waals surface area (Å²) < 4.78 is 13.0. The summed E-state index contributed by atoms with van der Waals surface area (Å²) in [7, 11) is 0. The summed E-state index contributed by atoms with van der Waals surface area (Å²) in [4.78, 5) is 12.5. The highest BCUT2D eigenvalue weighted by molar-refractivity contribution is 5.99. The van der Waals surface area contributed by atoms with Crippen molar-refractivity contribution < 1.29 is 9.18 Å². The second kappa shape index (κ2) is 2.73. The molecular weight excluding hydrogens is 171 g/mol. The number of nitrogen functional groups attached to an aromatic ring is 1. The maximum absolute atomic E-state index is 13.0. The monoisotopic (exact) mass is 180 g/mol. The Kier molecular flexibility index (Phi) is 1.69. The average Bonchev–Trinajstić information content (AvgIpc) is 2.09. The maximum Gasteiger partial charge on any atom is 0.228 e. The molecule has 1 saturated heterocycles. The predicted octanol–water partition coefficient (Wildman–Crippen LogP) is 1.14. The van der Waals surface area contributed by atoms with E-state index in [0.717, 1.165) is 0 Å². The molecule has 0 spiro atoms. The van der Waals surface area contributed by atoms with Crippen molar-refractivity contribution in [1.82, 2.24) is 0 Å². The lowest BCUT2D eigenvalue weighted by atomic mass is 10.1. The number of nitrogens with two attached hydrogens (primary N) is 1. The zero-order valence-corrected chi connectivity index (χ0v) is 6.96. The third-order valence-corrected chi connectivity index (χ3v) is 2.15. The largest absolute Gasteiger partial charge is 0.396 e. The van der Waals surface area contributed by atoms with Crippen molar-refractivity contribution in [3.05, 3.63) is 24.0 Å². The number of amides is 1. The van der Waals surface area contributed by atoms with Gasteiger partial charge in [-0.05, 0) is 18.2 Å². The number of halogens is 1. The zero-order chi connectivity index (χ0) is 9.42. The molecule has 13 heavy (non-hydrogen) atoms. The van der Waals surface area contributed by atoms with Gasteiger partial charge in [0.1, 0.15) is 5.82 Å². The van der Waals surface area contributed by atoms with E-state index in [1.807, 2.05) is 0 Å². The summed E-state index contributed by atoms with van der Waals surface area (Å²) in [6, 6.07) is 4.40. The summed E-state index contributed by atoms with van der Waals surface area (Å²) in [5.41, 5.74) is 6.00. The molecule has 1 heterocycles. The fourth-order valence-electron chi connectivity index (χ4n) is 1.27. The van der Waals surface area contributed by atoms with Crippen molar-refractivity contribution in [1.29, 1.82) is 0 Å². The summed E-state index contributed by atoms with van der Waals surface area (Å²) in [6.07, 6.45) is 0.548. The second-order valence-corrected chi connectivity index (χ2v) is 3.00. The maximum atomic E-state index is 13.0. The van der Waals surface area contributed by atoms with Crippen LogP contribution in [0.25, 0.3) is 0 Å². The normalized spacial score (nSPS) is 15.8. The first-order valence-corrected chi connectivity index (χ1v) is 4.04. The Morgan fingerprint density at radius 1 is 1.46 bits per heavy atom. The van der Waals surface area contributed by atoms with Gasteiger partial charge in [-0.2, -0.15) is 0 Å². The molecule has 1 aliphatic rings. The standard InChI is InChI=1S/C9H9FN2O/c10-7-5-6(1-2-8(7)11)12-4-3-9(12)13/h1-2,5H,3-4,11H2. The molecule has 0 aromatic heterocycles. The van der Waals surface area contributed by atoms with E-state index in [1.54, 1.807) is 6.07 Å². The minimum absolute atomic E-state index is 0.0316. The van der Waals surface area contributed by atoms with Crippen LogP contribution in [0.5, 0.6) is 0 Å². The van der Waals surface area contributed by atoms with Gasteiger partial charge in [0.25, 0.3) is 0 Å². The van der Waals surface area contributed by atoms with E-state index in [1.165, 1.54) is 17.0 Å². The minimum atomic E-state index is -0.475. The summed E-state index contributed by atoms with van der Waals surface area (Å²) in [6.45, 7) is 0.669.